The molecule has 1 unspecified atom stereocenters. The molecular weight excluding hydrogens is 488 g/mol. The summed E-state index contributed by atoms with van der Waals surface area (Å²) in [5.74, 6) is 2.67. The summed E-state index contributed by atoms with van der Waals surface area (Å²) in [5.41, 5.74) is 1.22. The number of anilines is 3. The molecule has 2 aliphatic heterocycles. The van der Waals surface area contributed by atoms with Crippen molar-refractivity contribution in [3.05, 3.63) is 52.8 Å². The molecule has 2 saturated heterocycles. The Bertz CT molecular complexity index is 1410. The summed E-state index contributed by atoms with van der Waals surface area (Å²) in [4.78, 5) is 35.2. The molecule has 6 rings (SSSR count). The molecule has 2 aliphatic rings. The Morgan fingerprint density at radius 1 is 1.03 bits per heavy atom. The molecule has 0 radical (unpaired) electrons. The molecule has 3 aromatic heterocycles. The minimum Gasteiger partial charge on any atom is -0.481 e. The maximum Gasteiger partial charge on any atom is 0.264 e. The number of hydrogen-bond donors (Lipinski definition) is 3. The first-order chi connectivity index (χ1) is 18.2. The average molecular weight is 519 g/mol. The van der Waals surface area contributed by atoms with Crippen molar-refractivity contribution in [2.45, 2.75) is 18.9 Å². The number of ether oxygens (including phenoxy) is 1. The number of fused-ring (bicyclic) bond motifs is 1. The Kier molecular flexibility index (Phi) is 6.62. The maximum absolute atomic E-state index is 13.5. The van der Waals surface area contributed by atoms with Crippen LogP contribution in [0.4, 0.5) is 17.6 Å². The predicted molar refractivity (Wildman–Crippen MR) is 148 cm³/mol. The van der Waals surface area contributed by atoms with E-state index in [0.29, 0.717) is 41.3 Å². The second-order valence-corrected chi connectivity index (χ2v) is 10.3. The molecule has 10 nitrogen and oxygen atoms in total. The lowest BCUT2D eigenvalue weighted by atomic mass is 10.1. The van der Waals surface area contributed by atoms with Gasteiger partial charge < -0.3 is 25.2 Å². The molecule has 0 spiro atoms. The fourth-order valence-corrected chi connectivity index (χ4v) is 5.91. The number of piperazine rings is 1. The van der Waals surface area contributed by atoms with Gasteiger partial charge in [0.15, 0.2) is 0 Å². The van der Waals surface area contributed by atoms with Gasteiger partial charge in [-0.15, -0.1) is 11.3 Å². The predicted octanol–water partition coefficient (Wildman–Crippen LogP) is 2.94. The maximum atomic E-state index is 13.5. The van der Waals surface area contributed by atoms with Gasteiger partial charge in [0, 0.05) is 44.8 Å². The number of pyridine rings is 1. The third-order valence-corrected chi connectivity index (χ3v) is 7.93. The standard InChI is InChI=1S/C26H30N8O2S/c1-36-21-10-4-9-20(30-21)33-12-14-34(15-13-33)26-31-23(28-17-6-5-11-27-16-17)22(24(35)32-26)25-29-18-7-2-3-8-19(18)37-25/h2-4,7-10,17,27H,5-6,11-16H2,1H3,(H2,28,31,32,35). The van der Waals surface area contributed by atoms with Crippen LogP contribution in [-0.2, 0) is 0 Å². The van der Waals surface area contributed by atoms with Gasteiger partial charge in [-0.2, -0.15) is 9.97 Å². The monoisotopic (exact) mass is 518 g/mol. The molecule has 192 valence electrons. The lowest BCUT2D eigenvalue weighted by Gasteiger charge is -2.36. The van der Waals surface area contributed by atoms with Gasteiger partial charge in [0.05, 0.1) is 17.3 Å². The number of thiazole rings is 1. The average Bonchev–Trinajstić information content (AvgIpc) is 3.37. The molecule has 37 heavy (non-hydrogen) atoms. The van der Waals surface area contributed by atoms with E-state index in [1.807, 2.05) is 42.5 Å². The van der Waals surface area contributed by atoms with Crippen molar-refractivity contribution in [1.29, 1.82) is 0 Å². The fourth-order valence-electron chi connectivity index (χ4n) is 4.90. The van der Waals surface area contributed by atoms with E-state index in [2.05, 4.69) is 30.4 Å². The number of aromatic nitrogens is 4. The molecule has 0 amide bonds. The van der Waals surface area contributed by atoms with Gasteiger partial charge in [-0.05, 0) is 37.6 Å². The van der Waals surface area contributed by atoms with Gasteiger partial charge >= 0.3 is 0 Å². The van der Waals surface area contributed by atoms with Crippen LogP contribution in [0.3, 0.4) is 0 Å². The van der Waals surface area contributed by atoms with Crippen molar-refractivity contribution in [3.63, 3.8) is 0 Å². The van der Waals surface area contributed by atoms with Crippen molar-refractivity contribution >= 4 is 39.1 Å². The van der Waals surface area contributed by atoms with Crippen LogP contribution in [0.25, 0.3) is 20.8 Å². The second-order valence-electron chi connectivity index (χ2n) is 9.30. The van der Waals surface area contributed by atoms with Gasteiger partial charge in [0.2, 0.25) is 11.8 Å². The zero-order valence-electron chi connectivity index (χ0n) is 20.7. The minimum absolute atomic E-state index is 0.174. The Balaban J connectivity index is 1.29. The van der Waals surface area contributed by atoms with Crippen molar-refractivity contribution in [2.75, 3.05) is 61.5 Å². The highest BCUT2D eigenvalue weighted by Crippen LogP contribution is 2.33. The van der Waals surface area contributed by atoms with Gasteiger partial charge in [-0.1, -0.05) is 18.2 Å². The van der Waals surface area contributed by atoms with Crippen LogP contribution in [0.1, 0.15) is 12.8 Å². The topological polar surface area (TPSA) is 111 Å². The number of H-pyrrole nitrogens is 1. The van der Waals surface area contributed by atoms with Gasteiger partial charge in [-0.3, -0.25) is 9.78 Å². The number of aromatic amines is 1. The summed E-state index contributed by atoms with van der Waals surface area (Å²) in [6.45, 7) is 4.82. The first-order valence-electron chi connectivity index (χ1n) is 12.7. The smallest absolute Gasteiger partial charge is 0.264 e. The summed E-state index contributed by atoms with van der Waals surface area (Å²) in [6, 6.07) is 13.9. The Hall–Kier alpha value is -3.70. The molecule has 2 fully saturated rings. The first kappa shape index (κ1) is 23.7. The van der Waals surface area contributed by atoms with Crippen LogP contribution in [0.5, 0.6) is 5.88 Å². The molecule has 3 N–H and O–H groups in total. The molecule has 11 heteroatoms. The third kappa shape index (κ3) is 4.96. The van der Waals surface area contributed by atoms with Crippen molar-refractivity contribution < 1.29 is 4.74 Å². The lowest BCUT2D eigenvalue weighted by Crippen LogP contribution is -2.48. The van der Waals surface area contributed by atoms with Crippen LogP contribution in [-0.4, -0.2) is 72.4 Å². The summed E-state index contributed by atoms with van der Waals surface area (Å²) in [5, 5.41) is 7.69. The third-order valence-electron chi connectivity index (χ3n) is 6.87. The summed E-state index contributed by atoms with van der Waals surface area (Å²) < 4.78 is 6.33. The van der Waals surface area contributed by atoms with Crippen LogP contribution in [0, 0.1) is 0 Å². The molecule has 1 atom stereocenters. The number of rotatable bonds is 6. The number of benzene rings is 1. The van der Waals surface area contributed by atoms with E-state index in [0.717, 1.165) is 55.1 Å². The van der Waals surface area contributed by atoms with E-state index in [9.17, 15) is 4.79 Å². The van der Waals surface area contributed by atoms with Gasteiger partial charge in [-0.25, -0.2) is 4.98 Å². The molecule has 0 bridgehead atoms. The number of methoxy groups -OCH3 is 1. The van der Waals surface area contributed by atoms with Crippen molar-refractivity contribution in [1.82, 2.24) is 25.3 Å². The molecular formula is C26H30N8O2S. The SMILES string of the molecule is COc1cccc(N2CCN(c3nc(NC4CCCNC4)c(-c4nc5ccccc5s4)c(=O)[nH]3)CC2)n1. The van der Waals surface area contributed by atoms with Crippen LogP contribution < -0.4 is 30.7 Å². The quantitative estimate of drug-likeness (QED) is 0.355. The highest BCUT2D eigenvalue weighted by atomic mass is 32.1. The number of para-hydroxylation sites is 1. The lowest BCUT2D eigenvalue weighted by molar-refractivity contribution is 0.397. The fraction of sp³-hybridized carbons (Fsp3) is 0.385. The Morgan fingerprint density at radius 3 is 2.65 bits per heavy atom. The van der Waals surface area contributed by atoms with Crippen molar-refractivity contribution in [3.8, 4) is 16.5 Å². The van der Waals surface area contributed by atoms with Gasteiger partial charge in [0.1, 0.15) is 22.2 Å². The van der Waals surface area contributed by atoms with E-state index in [4.69, 9.17) is 14.7 Å². The number of nitrogens with zero attached hydrogens (tertiary/aromatic N) is 5. The summed E-state index contributed by atoms with van der Waals surface area (Å²) in [6.07, 6.45) is 2.12. The Labute approximate surface area is 218 Å². The largest absolute Gasteiger partial charge is 0.481 e. The van der Waals surface area contributed by atoms with E-state index in [1.165, 1.54) is 11.3 Å². The minimum atomic E-state index is -0.174. The highest BCUT2D eigenvalue weighted by Gasteiger charge is 2.25. The summed E-state index contributed by atoms with van der Waals surface area (Å²) in [7, 11) is 1.62. The van der Waals surface area contributed by atoms with Crippen molar-refractivity contribution in [2.24, 2.45) is 0 Å². The van der Waals surface area contributed by atoms with Crippen LogP contribution in [0.15, 0.2) is 47.3 Å². The van der Waals surface area contributed by atoms with Crippen LogP contribution in [0.2, 0.25) is 0 Å². The molecule has 5 heterocycles. The van der Waals surface area contributed by atoms with E-state index < -0.39 is 0 Å². The number of nitrogens with one attached hydrogen (secondary N) is 3. The first-order valence-corrected chi connectivity index (χ1v) is 13.5. The van der Waals surface area contributed by atoms with E-state index in [1.54, 1.807) is 7.11 Å². The second kappa shape index (κ2) is 10.3. The molecule has 4 aromatic rings. The molecule has 0 aliphatic carbocycles. The highest BCUT2D eigenvalue weighted by molar-refractivity contribution is 7.21. The normalized spacial score (nSPS) is 18.2. The zero-order chi connectivity index (χ0) is 25.2. The van der Waals surface area contributed by atoms with Gasteiger partial charge in [0.25, 0.3) is 5.56 Å². The van der Waals surface area contributed by atoms with E-state index in [-0.39, 0.29) is 11.6 Å². The zero-order valence-corrected chi connectivity index (χ0v) is 21.6. The molecule has 1 aromatic carbocycles. The summed E-state index contributed by atoms with van der Waals surface area (Å²) >= 11 is 1.52. The van der Waals surface area contributed by atoms with E-state index >= 15 is 0 Å². The number of hydrogen-bond acceptors (Lipinski definition) is 10. The number of piperidine rings is 1. The Morgan fingerprint density at radius 2 is 1.86 bits per heavy atom. The molecule has 0 saturated carbocycles. The van der Waals surface area contributed by atoms with Crippen LogP contribution >= 0.6 is 11.3 Å².